The topological polar surface area (TPSA) is 46.2 Å². The highest BCUT2D eigenvalue weighted by Gasteiger charge is 2.47. The van der Waals surface area contributed by atoms with Crippen LogP contribution >= 0.6 is 0 Å². The summed E-state index contributed by atoms with van der Waals surface area (Å²) >= 11 is 0. The predicted octanol–water partition coefficient (Wildman–Crippen LogP) is 3.27. The molecule has 0 bridgehead atoms. The second kappa shape index (κ2) is 5.82. The molecule has 1 unspecified atom stereocenters. The molecular formula is C17H26FNO. The lowest BCUT2D eigenvalue weighted by atomic mass is 9.60. The van der Waals surface area contributed by atoms with Crippen LogP contribution in [0.4, 0.5) is 4.39 Å². The van der Waals surface area contributed by atoms with E-state index in [0.29, 0.717) is 13.0 Å². The molecule has 3 N–H and O–H groups in total. The molecule has 1 atom stereocenters. The van der Waals surface area contributed by atoms with E-state index in [0.717, 1.165) is 37.2 Å². The van der Waals surface area contributed by atoms with Crippen LogP contribution in [0.1, 0.15) is 45.1 Å². The Morgan fingerprint density at radius 2 is 1.85 bits per heavy atom. The summed E-state index contributed by atoms with van der Waals surface area (Å²) in [5, 5.41) is 11.0. The van der Waals surface area contributed by atoms with Gasteiger partial charge < -0.3 is 10.8 Å². The van der Waals surface area contributed by atoms with Gasteiger partial charge in [0, 0.05) is 18.4 Å². The van der Waals surface area contributed by atoms with Gasteiger partial charge in [0.15, 0.2) is 0 Å². The second-order valence-electron chi connectivity index (χ2n) is 6.74. The Morgan fingerprint density at radius 1 is 1.30 bits per heavy atom. The number of nitrogens with two attached hydrogens (primary N) is 1. The van der Waals surface area contributed by atoms with Crippen LogP contribution in [0.15, 0.2) is 24.3 Å². The molecule has 2 rings (SSSR count). The van der Waals surface area contributed by atoms with Crippen molar-refractivity contribution >= 4 is 0 Å². The third-order valence-corrected chi connectivity index (χ3v) is 5.23. The zero-order valence-corrected chi connectivity index (χ0v) is 12.5. The van der Waals surface area contributed by atoms with Crippen LogP contribution < -0.4 is 5.73 Å². The first-order valence-corrected chi connectivity index (χ1v) is 7.55. The fraction of sp³-hybridized carbons (Fsp3) is 0.647. The van der Waals surface area contributed by atoms with Gasteiger partial charge in [-0.15, -0.1) is 0 Å². The smallest absolute Gasteiger partial charge is 0.123 e. The Kier molecular flexibility index (Phi) is 4.50. The van der Waals surface area contributed by atoms with Crippen molar-refractivity contribution in [1.29, 1.82) is 0 Å². The normalized spacial score (nSPS) is 29.9. The lowest BCUT2D eigenvalue weighted by Gasteiger charge is -2.49. The van der Waals surface area contributed by atoms with E-state index in [1.54, 1.807) is 12.1 Å². The van der Waals surface area contributed by atoms with Crippen LogP contribution in [-0.4, -0.2) is 17.3 Å². The van der Waals surface area contributed by atoms with Gasteiger partial charge in [0.2, 0.25) is 0 Å². The molecule has 112 valence electrons. The van der Waals surface area contributed by atoms with Crippen molar-refractivity contribution in [3.63, 3.8) is 0 Å². The van der Waals surface area contributed by atoms with Crippen molar-refractivity contribution in [2.75, 3.05) is 6.54 Å². The molecule has 0 saturated heterocycles. The van der Waals surface area contributed by atoms with Crippen molar-refractivity contribution in [2.24, 2.45) is 17.1 Å². The van der Waals surface area contributed by atoms with Crippen LogP contribution in [-0.2, 0) is 6.42 Å². The maximum atomic E-state index is 13.0. The number of halogens is 1. The summed E-state index contributed by atoms with van der Waals surface area (Å²) in [5.74, 6) is 0.477. The molecule has 1 saturated carbocycles. The molecule has 0 aliphatic heterocycles. The highest BCUT2D eigenvalue weighted by molar-refractivity contribution is 5.19. The highest BCUT2D eigenvalue weighted by atomic mass is 19.1. The lowest BCUT2D eigenvalue weighted by Crippen LogP contribution is -2.53. The Hall–Kier alpha value is -0.930. The summed E-state index contributed by atoms with van der Waals surface area (Å²) in [4.78, 5) is 0. The standard InChI is InChI=1S/C17H26FNO/c1-13-7-9-17(12-19,10-8-13)16(2,20)11-14-3-5-15(18)6-4-14/h3-6,13,20H,7-12,19H2,1-2H3. The van der Waals surface area contributed by atoms with Gasteiger partial charge in [-0.05, 0) is 43.4 Å². The molecule has 0 heterocycles. The number of hydrogen-bond donors (Lipinski definition) is 2. The predicted molar refractivity (Wildman–Crippen MR) is 79.8 cm³/mol. The molecule has 20 heavy (non-hydrogen) atoms. The monoisotopic (exact) mass is 279 g/mol. The fourth-order valence-electron chi connectivity index (χ4n) is 3.46. The molecule has 1 fully saturated rings. The molecule has 1 aliphatic carbocycles. The van der Waals surface area contributed by atoms with Crippen LogP contribution in [0.3, 0.4) is 0 Å². The minimum absolute atomic E-state index is 0.214. The van der Waals surface area contributed by atoms with Crippen LogP contribution in [0.25, 0.3) is 0 Å². The van der Waals surface area contributed by atoms with E-state index in [1.165, 1.54) is 12.1 Å². The number of benzene rings is 1. The Balaban J connectivity index is 2.16. The summed E-state index contributed by atoms with van der Waals surface area (Å²) in [7, 11) is 0. The fourth-order valence-corrected chi connectivity index (χ4v) is 3.46. The van der Waals surface area contributed by atoms with Crippen molar-refractivity contribution < 1.29 is 9.50 Å². The molecule has 1 aromatic carbocycles. The Labute approximate surface area is 121 Å². The molecule has 0 spiro atoms. The van der Waals surface area contributed by atoms with E-state index >= 15 is 0 Å². The summed E-state index contributed by atoms with van der Waals surface area (Å²) in [6, 6.07) is 6.39. The molecule has 0 amide bonds. The van der Waals surface area contributed by atoms with E-state index in [9.17, 15) is 9.50 Å². The zero-order chi connectivity index (χ0) is 14.8. The van der Waals surface area contributed by atoms with E-state index < -0.39 is 5.60 Å². The van der Waals surface area contributed by atoms with Gasteiger partial charge in [0.05, 0.1) is 5.60 Å². The minimum atomic E-state index is -0.848. The summed E-state index contributed by atoms with van der Waals surface area (Å²) in [6.45, 7) is 4.66. The number of aliphatic hydroxyl groups is 1. The van der Waals surface area contributed by atoms with E-state index in [2.05, 4.69) is 6.92 Å². The Bertz CT molecular complexity index is 433. The SMILES string of the molecule is CC1CCC(CN)(C(C)(O)Cc2ccc(F)cc2)CC1. The first-order valence-electron chi connectivity index (χ1n) is 7.55. The van der Waals surface area contributed by atoms with E-state index in [-0.39, 0.29) is 11.2 Å². The van der Waals surface area contributed by atoms with Crippen molar-refractivity contribution in [1.82, 2.24) is 0 Å². The van der Waals surface area contributed by atoms with Gasteiger partial charge in [0.25, 0.3) is 0 Å². The van der Waals surface area contributed by atoms with Gasteiger partial charge >= 0.3 is 0 Å². The lowest BCUT2D eigenvalue weighted by molar-refractivity contribution is -0.0901. The summed E-state index contributed by atoms with van der Waals surface area (Å²) < 4.78 is 13.0. The van der Waals surface area contributed by atoms with Crippen LogP contribution in [0.2, 0.25) is 0 Å². The zero-order valence-electron chi connectivity index (χ0n) is 12.5. The summed E-state index contributed by atoms with van der Waals surface area (Å²) in [5.41, 5.74) is 5.93. The Morgan fingerprint density at radius 3 is 2.35 bits per heavy atom. The van der Waals surface area contributed by atoms with Crippen molar-refractivity contribution in [3.05, 3.63) is 35.6 Å². The van der Waals surface area contributed by atoms with Crippen molar-refractivity contribution in [2.45, 2.75) is 51.6 Å². The van der Waals surface area contributed by atoms with E-state index in [4.69, 9.17) is 5.73 Å². The van der Waals surface area contributed by atoms with Gasteiger partial charge in [0.1, 0.15) is 5.82 Å². The minimum Gasteiger partial charge on any atom is -0.389 e. The highest BCUT2D eigenvalue weighted by Crippen LogP contribution is 2.47. The third kappa shape index (κ3) is 3.04. The molecule has 0 aromatic heterocycles. The first kappa shape index (κ1) is 15.5. The van der Waals surface area contributed by atoms with Gasteiger partial charge in [-0.2, -0.15) is 0 Å². The molecule has 1 aliphatic rings. The molecule has 1 aromatic rings. The van der Waals surface area contributed by atoms with Crippen molar-refractivity contribution in [3.8, 4) is 0 Å². The van der Waals surface area contributed by atoms with Gasteiger partial charge in [-0.3, -0.25) is 0 Å². The number of hydrogen-bond acceptors (Lipinski definition) is 2. The van der Waals surface area contributed by atoms with Crippen LogP contribution in [0, 0.1) is 17.2 Å². The largest absolute Gasteiger partial charge is 0.389 e. The maximum absolute atomic E-state index is 13.0. The molecule has 0 radical (unpaired) electrons. The molecular weight excluding hydrogens is 253 g/mol. The van der Waals surface area contributed by atoms with Crippen LogP contribution in [0.5, 0.6) is 0 Å². The summed E-state index contributed by atoms with van der Waals surface area (Å²) in [6.07, 6.45) is 4.71. The first-order chi connectivity index (χ1) is 9.38. The maximum Gasteiger partial charge on any atom is 0.123 e. The second-order valence-corrected chi connectivity index (χ2v) is 6.74. The average Bonchev–Trinajstić information content (AvgIpc) is 2.42. The number of rotatable bonds is 4. The third-order valence-electron chi connectivity index (χ3n) is 5.23. The average molecular weight is 279 g/mol. The van der Waals surface area contributed by atoms with Gasteiger partial charge in [-0.25, -0.2) is 4.39 Å². The molecule has 2 nitrogen and oxygen atoms in total. The molecule has 3 heteroatoms. The van der Waals surface area contributed by atoms with E-state index in [1.807, 2.05) is 6.92 Å². The van der Waals surface area contributed by atoms with Gasteiger partial charge in [-0.1, -0.05) is 31.9 Å². The quantitative estimate of drug-likeness (QED) is 0.888.